The van der Waals surface area contributed by atoms with Crippen LogP contribution < -0.4 is 5.43 Å². The Morgan fingerprint density at radius 2 is 2.11 bits per heavy atom. The number of benzene rings is 1. The second-order valence-electron chi connectivity index (χ2n) is 4.57. The molecule has 0 N–H and O–H groups in total. The lowest BCUT2D eigenvalue weighted by Gasteiger charge is -2.04. The first-order valence-electron chi connectivity index (χ1n) is 6.34. The quantitative estimate of drug-likeness (QED) is 0.683. The number of Topliss-reactive ketones (excluding diaryl/α,β-unsaturated/α-hetero) is 1. The molecule has 0 spiro atoms. The van der Waals surface area contributed by atoms with Gasteiger partial charge in [-0.2, -0.15) is 0 Å². The number of carbonyl (C=O) groups excluding carboxylic acids is 1. The smallest absolute Gasteiger partial charge is 0.206 e. The zero-order chi connectivity index (χ0) is 14.0. The highest BCUT2D eigenvalue weighted by molar-refractivity contribution is 7.80. The Kier molecular flexibility index (Phi) is 4.10. The second-order valence-corrected chi connectivity index (χ2v) is 5.02. The number of thiol groups is 1. The van der Waals surface area contributed by atoms with Crippen LogP contribution in [0.2, 0.25) is 0 Å². The minimum absolute atomic E-state index is 0.0824. The molecule has 2 aromatic rings. The van der Waals surface area contributed by atoms with Crippen molar-refractivity contribution in [2.24, 2.45) is 0 Å². The first-order chi connectivity index (χ1) is 9.04. The largest absolute Gasteiger partial charge is 0.460 e. The van der Waals surface area contributed by atoms with Crippen LogP contribution in [-0.4, -0.2) is 5.78 Å². The fourth-order valence-electron chi connectivity index (χ4n) is 1.95. The van der Waals surface area contributed by atoms with E-state index in [0.29, 0.717) is 33.6 Å². The van der Waals surface area contributed by atoms with Gasteiger partial charge < -0.3 is 4.42 Å². The van der Waals surface area contributed by atoms with Crippen LogP contribution >= 0.6 is 12.6 Å². The van der Waals surface area contributed by atoms with Crippen LogP contribution in [0.25, 0.3) is 11.0 Å². The predicted molar refractivity (Wildman–Crippen MR) is 78.3 cm³/mol. The number of fused-ring (bicyclic) bond motifs is 1. The average Bonchev–Trinajstić information content (AvgIpc) is 2.41. The standard InChI is InChI=1S/C15H16O3S/c1-3-4-5-12(16)10-6-7-11-13(8-10)18-9(2)15(19)14(11)17/h6-8,19H,3-5H2,1-2H3. The van der Waals surface area contributed by atoms with E-state index in [0.717, 1.165) is 12.8 Å². The summed E-state index contributed by atoms with van der Waals surface area (Å²) < 4.78 is 5.54. The Hall–Kier alpha value is -1.55. The van der Waals surface area contributed by atoms with Gasteiger partial charge in [0, 0.05) is 12.0 Å². The molecule has 0 aliphatic heterocycles. The van der Waals surface area contributed by atoms with Crippen molar-refractivity contribution in [1.82, 2.24) is 0 Å². The third-order valence-electron chi connectivity index (χ3n) is 3.12. The van der Waals surface area contributed by atoms with Crippen LogP contribution in [0.15, 0.2) is 32.3 Å². The van der Waals surface area contributed by atoms with Crippen LogP contribution in [-0.2, 0) is 0 Å². The van der Waals surface area contributed by atoms with Crippen molar-refractivity contribution in [3.63, 3.8) is 0 Å². The highest BCUT2D eigenvalue weighted by Gasteiger charge is 2.11. The normalized spacial score (nSPS) is 10.9. The molecule has 2 rings (SSSR count). The number of aryl methyl sites for hydroxylation is 1. The van der Waals surface area contributed by atoms with Crippen LogP contribution in [0.5, 0.6) is 0 Å². The molecule has 0 saturated carbocycles. The summed E-state index contributed by atoms with van der Waals surface area (Å²) in [6, 6.07) is 4.97. The zero-order valence-electron chi connectivity index (χ0n) is 11.0. The molecule has 19 heavy (non-hydrogen) atoms. The molecular formula is C15H16O3S. The molecule has 0 fully saturated rings. The van der Waals surface area contributed by atoms with Gasteiger partial charge in [0.2, 0.25) is 5.43 Å². The van der Waals surface area contributed by atoms with Crippen molar-refractivity contribution in [1.29, 1.82) is 0 Å². The molecule has 0 aliphatic rings. The number of hydrogen-bond acceptors (Lipinski definition) is 4. The number of unbranched alkanes of at least 4 members (excludes halogenated alkanes) is 1. The van der Waals surface area contributed by atoms with E-state index in [-0.39, 0.29) is 11.2 Å². The van der Waals surface area contributed by atoms with Crippen molar-refractivity contribution < 1.29 is 9.21 Å². The Bertz CT molecular complexity index is 686. The summed E-state index contributed by atoms with van der Waals surface area (Å²) in [7, 11) is 0. The Morgan fingerprint density at radius 1 is 1.37 bits per heavy atom. The molecule has 100 valence electrons. The maximum absolute atomic E-state index is 12.0. The van der Waals surface area contributed by atoms with Crippen LogP contribution in [0.3, 0.4) is 0 Å². The van der Waals surface area contributed by atoms with E-state index in [4.69, 9.17) is 4.42 Å². The van der Waals surface area contributed by atoms with Crippen molar-refractivity contribution in [3.8, 4) is 0 Å². The Labute approximate surface area is 117 Å². The molecule has 0 radical (unpaired) electrons. The highest BCUT2D eigenvalue weighted by atomic mass is 32.1. The summed E-state index contributed by atoms with van der Waals surface area (Å²) in [5.41, 5.74) is 0.882. The first-order valence-corrected chi connectivity index (χ1v) is 6.79. The van der Waals surface area contributed by atoms with Gasteiger partial charge >= 0.3 is 0 Å². The summed E-state index contributed by atoms with van der Waals surface area (Å²) in [4.78, 5) is 24.2. The van der Waals surface area contributed by atoms with Gasteiger partial charge in [-0.1, -0.05) is 19.4 Å². The maximum atomic E-state index is 12.0. The summed E-state index contributed by atoms with van der Waals surface area (Å²) in [5.74, 6) is 0.554. The van der Waals surface area contributed by atoms with Crippen molar-refractivity contribution in [2.75, 3.05) is 0 Å². The van der Waals surface area contributed by atoms with Crippen LogP contribution in [0.1, 0.15) is 42.3 Å². The van der Waals surface area contributed by atoms with Gasteiger partial charge in [0.1, 0.15) is 11.3 Å². The van der Waals surface area contributed by atoms with Crippen molar-refractivity contribution in [3.05, 3.63) is 39.7 Å². The molecular weight excluding hydrogens is 260 g/mol. The van der Waals surface area contributed by atoms with Gasteiger partial charge in [-0.25, -0.2) is 0 Å². The van der Waals surface area contributed by atoms with Gasteiger partial charge in [0.05, 0.1) is 10.3 Å². The number of ketones is 1. The van der Waals surface area contributed by atoms with Crippen molar-refractivity contribution >= 4 is 29.4 Å². The molecule has 1 aromatic heterocycles. The van der Waals surface area contributed by atoms with Crippen molar-refractivity contribution in [2.45, 2.75) is 38.0 Å². The molecule has 0 bridgehead atoms. The van der Waals surface area contributed by atoms with Gasteiger partial charge in [-0.05, 0) is 25.5 Å². The number of hydrogen-bond donors (Lipinski definition) is 1. The summed E-state index contributed by atoms with van der Waals surface area (Å²) in [6.45, 7) is 3.74. The number of rotatable bonds is 4. The van der Waals surface area contributed by atoms with Crippen LogP contribution in [0, 0.1) is 6.92 Å². The summed E-state index contributed by atoms with van der Waals surface area (Å²) in [5, 5.41) is 0.461. The van der Waals surface area contributed by atoms with E-state index in [1.807, 2.05) is 6.92 Å². The number of carbonyl (C=O) groups is 1. The lowest BCUT2D eigenvalue weighted by molar-refractivity contribution is 0.0980. The highest BCUT2D eigenvalue weighted by Crippen LogP contribution is 2.19. The second kappa shape index (κ2) is 5.61. The maximum Gasteiger partial charge on any atom is 0.206 e. The molecule has 0 amide bonds. The lowest BCUT2D eigenvalue weighted by Crippen LogP contribution is -2.06. The molecule has 4 heteroatoms. The fourth-order valence-corrected chi connectivity index (χ4v) is 2.12. The van der Waals surface area contributed by atoms with E-state index in [9.17, 15) is 9.59 Å². The molecule has 1 heterocycles. The zero-order valence-corrected chi connectivity index (χ0v) is 11.9. The first kappa shape index (κ1) is 13.9. The van der Waals surface area contributed by atoms with Gasteiger partial charge in [0.15, 0.2) is 5.78 Å². The SMILES string of the molecule is CCCCC(=O)c1ccc2c(=O)c(S)c(C)oc2c1. The van der Waals surface area contributed by atoms with Gasteiger partial charge in [0.25, 0.3) is 0 Å². The Morgan fingerprint density at radius 3 is 2.79 bits per heavy atom. The van der Waals surface area contributed by atoms with E-state index in [1.165, 1.54) is 0 Å². The third kappa shape index (κ3) is 2.73. The van der Waals surface area contributed by atoms with E-state index < -0.39 is 0 Å². The van der Waals surface area contributed by atoms with E-state index in [1.54, 1.807) is 25.1 Å². The van der Waals surface area contributed by atoms with Gasteiger partial charge in [-0.3, -0.25) is 9.59 Å². The average molecular weight is 276 g/mol. The molecule has 0 atom stereocenters. The fraction of sp³-hybridized carbons (Fsp3) is 0.333. The molecule has 0 saturated heterocycles. The third-order valence-corrected chi connectivity index (χ3v) is 3.64. The monoisotopic (exact) mass is 276 g/mol. The molecule has 0 aliphatic carbocycles. The van der Waals surface area contributed by atoms with Crippen LogP contribution in [0.4, 0.5) is 0 Å². The molecule has 0 unspecified atom stereocenters. The topological polar surface area (TPSA) is 47.3 Å². The minimum Gasteiger partial charge on any atom is -0.460 e. The van der Waals surface area contributed by atoms with E-state index >= 15 is 0 Å². The molecule has 1 aromatic carbocycles. The summed E-state index contributed by atoms with van der Waals surface area (Å²) >= 11 is 4.13. The predicted octanol–water partition coefficient (Wildman–Crippen LogP) is 3.76. The van der Waals surface area contributed by atoms with Gasteiger partial charge in [-0.15, -0.1) is 12.6 Å². The minimum atomic E-state index is -0.158. The Balaban J connectivity index is 2.50. The lowest BCUT2D eigenvalue weighted by atomic mass is 10.0. The molecule has 3 nitrogen and oxygen atoms in total. The summed E-state index contributed by atoms with van der Waals surface area (Å²) in [6.07, 6.45) is 2.38. The van der Waals surface area contributed by atoms with E-state index in [2.05, 4.69) is 12.6 Å².